The number of anilines is 1. The van der Waals surface area contributed by atoms with Gasteiger partial charge in [-0.1, -0.05) is 0 Å². The molecule has 3 rings (SSSR count). The van der Waals surface area contributed by atoms with Crippen LogP contribution >= 0.6 is 0 Å². The summed E-state index contributed by atoms with van der Waals surface area (Å²) in [7, 11) is -3.59. The zero-order chi connectivity index (χ0) is 14.3. The number of aromatic nitrogens is 1. The van der Waals surface area contributed by atoms with E-state index in [1.165, 1.54) is 10.5 Å². The third-order valence-corrected chi connectivity index (χ3v) is 5.55. The van der Waals surface area contributed by atoms with Crippen molar-refractivity contribution in [2.75, 3.05) is 18.8 Å². The molecule has 1 aliphatic heterocycles. The summed E-state index contributed by atoms with van der Waals surface area (Å²) >= 11 is 0. The quantitative estimate of drug-likeness (QED) is 0.717. The van der Waals surface area contributed by atoms with Gasteiger partial charge in [-0.2, -0.15) is 4.31 Å². The number of nitrogens with zero attached hydrogens (tertiary/aromatic N) is 1. The van der Waals surface area contributed by atoms with Crippen LogP contribution in [0, 0.1) is 0 Å². The molecule has 0 spiro atoms. The zero-order valence-corrected chi connectivity index (χ0v) is 11.7. The summed E-state index contributed by atoms with van der Waals surface area (Å²) in [6.45, 7) is 0.602. The Labute approximate surface area is 117 Å². The van der Waals surface area contributed by atoms with E-state index in [0.717, 1.165) is 0 Å². The lowest BCUT2D eigenvalue weighted by Crippen LogP contribution is -2.42. The topological polar surface area (TPSA) is 99.4 Å². The lowest BCUT2D eigenvalue weighted by molar-refractivity contribution is 0.108. The smallest absolute Gasteiger partial charge is 0.245 e. The maximum atomic E-state index is 12.7. The highest BCUT2D eigenvalue weighted by molar-refractivity contribution is 7.89. The summed E-state index contributed by atoms with van der Waals surface area (Å²) in [5.41, 5.74) is 6.97. The van der Waals surface area contributed by atoms with Crippen molar-refractivity contribution in [1.82, 2.24) is 9.29 Å². The molecule has 1 aliphatic rings. The van der Waals surface area contributed by atoms with Gasteiger partial charge < -0.3 is 15.8 Å². The first-order valence-corrected chi connectivity index (χ1v) is 7.97. The molecule has 1 aromatic carbocycles. The first-order valence-electron chi connectivity index (χ1n) is 6.53. The number of nitrogens with two attached hydrogens (primary N) is 1. The Bertz CT molecular complexity index is 738. The molecule has 1 aromatic heterocycles. The molecular formula is C13H17N3O3S. The second kappa shape index (κ2) is 4.76. The molecule has 0 bridgehead atoms. The number of piperidine rings is 1. The van der Waals surface area contributed by atoms with Gasteiger partial charge in [0.15, 0.2) is 0 Å². The van der Waals surface area contributed by atoms with Crippen LogP contribution in [0.15, 0.2) is 29.3 Å². The van der Waals surface area contributed by atoms with Crippen molar-refractivity contribution in [1.29, 1.82) is 0 Å². The van der Waals surface area contributed by atoms with E-state index in [4.69, 9.17) is 5.73 Å². The third kappa shape index (κ3) is 2.17. The number of sulfonamides is 1. The predicted octanol–water partition coefficient (Wildman–Crippen LogP) is 0.895. The Hall–Kier alpha value is -1.57. The highest BCUT2D eigenvalue weighted by Crippen LogP contribution is 2.28. The highest BCUT2D eigenvalue weighted by Gasteiger charge is 2.31. The van der Waals surface area contributed by atoms with Crippen molar-refractivity contribution < 1.29 is 13.5 Å². The van der Waals surface area contributed by atoms with Gasteiger partial charge in [0.2, 0.25) is 10.0 Å². The van der Waals surface area contributed by atoms with E-state index >= 15 is 0 Å². The van der Waals surface area contributed by atoms with Gasteiger partial charge in [0, 0.05) is 35.9 Å². The SMILES string of the molecule is Nc1ccc2c(S(=O)(=O)N3CCCC(O)C3)c[nH]c2c1. The summed E-state index contributed by atoms with van der Waals surface area (Å²) in [6.07, 6.45) is 2.23. The van der Waals surface area contributed by atoms with E-state index in [2.05, 4.69) is 4.98 Å². The van der Waals surface area contributed by atoms with Crippen molar-refractivity contribution in [2.45, 2.75) is 23.8 Å². The van der Waals surface area contributed by atoms with Crippen LogP contribution in [0.4, 0.5) is 5.69 Å². The van der Waals surface area contributed by atoms with Crippen molar-refractivity contribution in [3.8, 4) is 0 Å². The summed E-state index contributed by atoms with van der Waals surface area (Å²) in [5, 5.41) is 10.3. The molecule has 4 N–H and O–H groups in total. The van der Waals surface area contributed by atoms with Gasteiger partial charge >= 0.3 is 0 Å². The fraction of sp³-hybridized carbons (Fsp3) is 0.385. The standard InChI is InChI=1S/C13H17N3O3S/c14-9-3-4-11-12(6-9)15-7-13(11)20(18,19)16-5-1-2-10(17)8-16/h3-4,6-7,10,15,17H,1-2,5,8,14H2. The molecule has 2 heterocycles. The molecule has 0 aliphatic carbocycles. The Morgan fingerprint density at radius 2 is 2.20 bits per heavy atom. The number of aliphatic hydroxyl groups excluding tert-OH is 1. The molecule has 0 amide bonds. The van der Waals surface area contributed by atoms with Crippen LogP contribution in [0.1, 0.15) is 12.8 Å². The lowest BCUT2D eigenvalue weighted by Gasteiger charge is -2.28. The third-order valence-electron chi connectivity index (χ3n) is 3.64. The average molecular weight is 295 g/mol. The van der Waals surface area contributed by atoms with E-state index < -0.39 is 16.1 Å². The first kappa shape index (κ1) is 13.4. The largest absolute Gasteiger partial charge is 0.399 e. The van der Waals surface area contributed by atoms with Crippen molar-refractivity contribution >= 4 is 26.6 Å². The molecule has 1 atom stereocenters. The second-order valence-electron chi connectivity index (χ2n) is 5.12. The number of aliphatic hydroxyl groups is 1. The van der Waals surface area contributed by atoms with Crippen LogP contribution in [0.5, 0.6) is 0 Å². The Morgan fingerprint density at radius 3 is 2.95 bits per heavy atom. The van der Waals surface area contributed by atoms with E-state index in [0.29, 0.717) is 36.0 Å². The minimum Gasteiger partial charge on any atom is -0.399 e. The van der Waals surface area contributed by atoms with Crippen LogP contribution in [-0.4, -0.2) is 42.0 Å². The summed E-state index contributed by atoms with van der Waals surface area (Å²) in [5.74, 6) is 0. The van der Waals surface area contributed by atoms with Crippen LogP contribution in [0.3, 0.4) is 0 Å². The summed E-state index contributed by atoms with van der Waals surface area (Å²) < 4.78 is 26.7. The minimum absolute atomic E-state index is 0.157. The summed E-state index contributed by atoms with van der Waals surface area (Å²) in [4.78, 5) is 3.17. The second-order valence-corrected chi connectivity index (χ2v) is 7.02. The van der Waals surface area contributed by atoms with Gasteiger partial charge in [-0.05, 0) is 31.0 Å². The summed E-state index contributed by atoms with van der Waals surface area (Å²) in [6, 6.07) is 5.09. The highest BCUT2D eigenvalue weighted by atomic mass is 32.2. The predicted molar refractivity (Wildman–Crippen MR) is 76.7 cm³/mol. The number of nitrogens with one attached hydrogen (secondary N) is 1. The number of nitrogen functional groups attached to an aromatic ring is 1. The lowest BCUT2D eigenvalue weighted by atomic mass is 10.1. The van der Waals surface area contributed by atoms with E-state index in [1.807, 2.05) is 0 Å². The molecule has 6 nitrogen and oxygen atoms in total. The Balaban J connectivity index is 2.05. The van der Waals surface area contributed by atoms with Gasteiger partial charge in [-0.3, -0.25) is 0 Å². The number of benzene rings is 1. The van der Waals surface area contributed by atoms with Gasteiger partial charge in [0.25, 0.3) is 0 Å². The maximum Gasteiger partial charge on any atom is 0.245 e. The number of fused-ring (bicyclic) bond motifs is 1. The van der Waals surface area contributed by atoms with Gasteiger partial charge in [0.1, 0.15) is 4.90 Å². The van der Waals surface area contributed by atoms with Crippen LogP contribution in [0.25, 0.3) is 10.9 Å². The van der Waals surface area contributed by atoms with Crippen molar-refractivity contribution in [3.05, 3.63) is 24.4 Å². The number of hydrogen-bond donors (Lipinski definition) is 3. The molecule has 108 valence electrons. The number of aromatic amines is 1. The molecule has 1 fully saturated rings. The maximum absolute atomic E-state index is 12.7. The number of H-pyrrole nitrogens is 1. The Morgan fingerprint density at radius 1 is 1.40 bits per heavy atom. The molecular weight excluding hydrogens is 278 g/mol. The first-order chi connectivity index (χ1) is 9.48. The van der Waals surface area contributed by atoms with Crippen LogP contribution in [0.2, 0.25) is 0 Å². The minimum atomic E-state index is -3.59. The molecule has 7 heteroatoms. The molecule has 2 aromatic rings. The van der Waals surface area contributed by atoms with Crippen LogP contribution in [-0.2, 0) is 10.0 Å². The fourth-order valence-corrected chi connectivity index (χ4v) is 4.29. The average Bonchev–Trinajstić information content (AvgIpc) is 2.82. The van der Waals surface area contributed by atoms with E-state index in [9.17, 15) is 13.5 Å². The van der Waals surface area contributed by atoms with Gasteiger partial charge in [-0.25, -0.2) is 8.42 Å². The number of β-amino-alcohol motifs (C(OH)–C–C–N with tert-alkyl or cyclic N) is 1. The molecule has 1 unspecified atom stereocenters. The number of rotatable bonds is 2. The molecule has 1 saturated heterocycles. The Kier molecular flexibility index (Phi) is 3.19. The molecule has 20 heavy (non-hydrogen) atoms. The van der Waals surface area contributed by atoms with Crippen molar-refractivity contribution in [2.24, 2.45) is 0 Å². The van der Waals surface area contributed by atoms with Crippen molar-refractivity contribution in [3.63, 3.8) is 0 Å². The van der Waals surface area contributed by atoms with Gasteiger partial charge in [-0.15, -0.1) is 0 Å². The monoisotopic (exact) mass is 295 g/mol. The number of hydrogen-bond acceptors (Lipinski definition) is 4. The zero-order valence-electron chi connectivity index (χ0n) is 10.9. The van der Waals surface area contributed by atoms with E-state index in [1.54, 1.807) is 18.2 Å². The normalized spacial score (nSPS) is 21.4. The molecule has 0 radical (unpaired) electrons. The van der Waals surface area contributed by atoms with Crippen LogP contribution < -0.4 is 5.73 Å². The fourth-order valence-electron chi connectivity index (χ4n) is 2.61. The van der Waals surface area contributed by atoms with E-state index in [-0.39, 0.29) is 11.4 Å². The molecule has 0 saturated carbocycles. The van der Waals surface area contributed by atoms with Gasteiger partial charge in [0.05, 0.1) is 6.10 Å².